The Hall–Kier alpha value is -2.89. The van der Waals surface area contributed by atoms with E-state index in [0.717, 1.165) is 12.1 Å². The topological polar surface area (TPSA) is 118 Å². The molecular formula is C18H19FN4O5S. The van der Waals surface area contributed by atoms with Crippen molar-refractivity contribution in [3.63, 3.8) is 0 Å². The van der Waals surface area contributed by atoms with Crippen LogP contribution in [0.3, 0.4) is 0 Å². The minimum atomic E-state index is -3.98. The molecular weight excluding hydrogens is 403 g/mol. The highest BCUT2D eigenvalue weighted by molar-refractivity contribution is 7.93. The third-order valence-electron chi connectivity index (χ3n) is 4.52. The van der Waals surface area contributed by atoms with Crippen molar-refractivity contribution in [3.05, 3.63) is 48.3 Å². The van der Waals surface area contributed by atoms with Crippen molar-refractivity contribution in [1.29, 1.82) is 0 Å². The molecule has 1 amide bonds. The quantitative estimate of drug-likeness (QED) is 0.568. The molecule has 1 saturated heterocycles. The Kier molecular flexibility index (Phi) is 5.26. The standard InChI is InChI=1S/C18H19FN4O5S/c19-11-1-3-12(4-2-11)23-29(25,26)18-14(10-20-22-18)17(24)21-13-5-6-15-16(9-13)28-8-7-27-15/h1-6,9,14,18,20,22-23H,7-8,10H2,(H,21,24). The number of sulfonamides is 1. The highest BCUT2D eigenvalue weighted by Crippen LogP contribution is 2.33. The Balaban J connectivity index is 1.47. The zero-order chi connectivity index (χ0) is 20.4. The number of carbonyl (C=O) groups is 1. The van der Waals surface area contributed by atoms with Crippen molar-refractivity contribution in [2.75, 3.05) is 29.8 Å². The zero-order valence-corrected chi connectivity index (χ0v) is 16.0. The van der Waals surface area contributed by atoms with Gasteiger partial charge in [-0.2, -0.15) is 0 Å². The van der Waals surface area contributed by atoms with Crippen LogP contribution in [0.5, 0.6) is 11.5 Å². The number of hydrazine groups is 1. The Bertz CT molecular complexity index is 1020. The molecule has 29 heavy (non-hydrogen) atoms. The first-order chi connectivity index (χ1) is 13.9. The molecule has 2 aromatic rings. The van der Waals surface area contributed by atoms with Gasteiger partial charge in [-0.15, -0.1) is 0 Å². The number of anilines is 2. The predicted octanol–water partition coefficient (Wildman–Crippen LogP) is 1.03. The molecule has 4 rings (SSSR count). The van der Waals surface area contributed by atoms with Gasteiger partial charge in [0.05, 0.1) is 5.92 Å². The Morgan fingerprint density at radius 3 is 2.48 bits per heavy atom. The monoisotopic (exact) mass is 422 g/mol. The molecule has 9 nitrogen and oxygen atoms in total. The number of hydrogen-bond acceptors (Lipinski definition) is 7. The lowest BCUT2D eigenvalue weighted by Gasteiger charge is -2.21. The van der Waals surface area contributed by atoms with Gasteiger partial charge in [-0.3, -0.25) is 14.9 Å². The van der Waals surface area contributed by atoms with Gasteiger partial charge < -0.3 is 14.8 Å². The highest BCUT2D eigenvalue weighted by Gasteiger charge is 2.42. The number of amides is 1. The largest absolute Gasteiger partial charge is 0.486 e. The number of carbonyl (C=O) groups excluding carboxylic acids is 1. The first-order valence-corrected chi connectivity index (χ1v) is 10.4. The fourth-order valence-corrected chi connectivity index (χ4v) is 4.59. The molecule has 2 heterocycles. The van der Waals surface area contributed by atoms with Crippen LogP contribution in [0.4, 0.5) is 15.8 Å². The minimum Gasteiger partial charge on any atom is -0.486 e. The van der Waals surface area contributed by atoms with Gasteiger partial charge in [-0.1, -0.05) is 0 Å². The van der Waals surface area contributed by atoms with Crippen LogP contribution in [0.25, 0.3) is 0 Å². The summed E-state index contributed by atoms with van der Waals surface area (Å²) in [5.74, 6) is -0.763. The van der Waals surface area contributed by atoms with Gasteiger partial charge in [0.1, 0.15) is 19.0 Å². The second kappa shape index (κ2) is 7.85. The number of benzene rings is 2. The molecule has 0 aliphatic carbocycles. The number of ether oxygens (including phenoxy) is 2. The average molecular weight is 422 g/mol. The lowest BCUT2D eigenvalue weighted by atomic mass is 10.1. The van der Waals surface area contributed by atoms with Crippen molar-refractivity contribution < 1.29 is 27.1 Å². The van der Waals surface area contributed by atoms with Crippen molar-refractivity contribution in [3.8, 4) is 11.5 Å². The van der Waals surface area contributed by atoms with Gasteiger partial charge in [-0.25, -0.2) is 18.2 Å². The van der Waals surface area contributed by atoms with Gasteiger partial charge in [0.15, 0.2) is 16.9 Å². The average Bonchev–Trinajstić information content (AvgIpc) is 3.21. The minimum absolute atomic E-state index is 0.116. The van der Waals surface area contributed by atoms with Crippen LogP contribution in [-0.4, -0.2) is 39.5 Å². The van der Waals surface area contributed by atoms with Crippen LogP contribution in [0.2, 0.25) is 0 Å². The van der Waals surface area contributed by atoms with Gasteiger partial charge in [-0.05, 0) is 36.4 Å². The smallest absolute Gasteiger partial charge is 0.250 e. The van der Waals surface area contributed by atoms with Crippen molar-refractivity contribution >= 4 is 27.3 Å². The highest BCUT2D eigenvalue weighted by atomic mass is 32.2. The SMILES string of the molecule is O=C(Nc1ccc2c(c1)OCCO2)C1CNNC1S(=O)(=O)Nc1ccc(F)cc1. The number of fused-ring (bicyclic) bond motifs is 1. The number of rotatable bonds is 5. The van der Waals surface area contributed by atoms with Crippen molar-refractivity contribution in [1.82, 2.24) is 10.9 Å². The summed E-state index contributed by atoms with van der Waals surface area (Å²) in [6.07, 6.45) is 0. The molecule has 154 valence electrons. The normalized spacial score (nSPS) is 20.9. The van der Waals surface area contributed by atoms with Gasteiger partial charge in [0.25, 0.3) is 10.0 Å². The first-order valence-electron chi connectivity index (χ1n) is 8.88. The summed E-state index contributed by atoms with van der Waals surface area (Å²) in [7, 11) is -3.98. The van der Waals surface area contributed by atoms with Crippen LogP contribution in [0.15, 0.2) is 42.5 Å². The number of hydrogen-bond donors (Lipinski definition) is 4. The van der Waals surface area contributed by atoms with E-state index in [1.165, 1.54) is 12.1 Å². The Labute approximate surface area is 166 Å². The van der Waals surface area contributed by atoms with Crippen LogP contribution < -0.4 is 30.4 Å². The molecule has 4 N–H and O–H groups in total. The van der Waals surface area contributed by atoms with E-state index < -0.39 is 33.0 Å². The number of halogens is 1. The molecule has 2 atom stereocenters. The molecule has 2 aromatic carbocycles. The van der Waals surface area contributed by atoms with Crippen molar-refractivity contribution in [2.45, 2.75) is 5.37 Å². The summed E-state index contributed by atoms with van der Waals surface area (Å²) in [4.78, 5) is 12.7. The summed E-state index contributed by atoms with van der Waals surface area (Å²) in [6, 6.07) is 9.86. The van der Waals surface area contributed by atoms with Crippen molar-refractivity contribution in [2.24, 2.45) is 5.92 Å². The molecule has 11 heteroatoms. The molecule has 0 bridgehead atoms. The fraction of sp³-hybridized carbons (Fsp3) is 0.278. The molecule has 0 spiro atoms. The molecule has 2 unspecified atom stereocenters. The maximum Gasteiger partial charge on any atom is 0.250 e. The molecule has 0 saturated carbocycles. The third kappa shape index (κ3) is 4.26. The van der Waals surface area contributed by atoms with Crippen LogP contribution in [-0.2, 0) is 14.8 Å². The Morgan fingerprint density at radius 2 is 1.72 bits per heavy atom. The summed E-state index contributed by atoms with van der Waals surface area (Å²) in [6.45, 7) is 0.986. The van der Waals surface area contributed by atoms with E-state index in [0.29, 0.717) is 30.4 Å². The maximum absolute atomic E-state index is 13.0. The predicted molar refractivity (Wildman–Crippen MR) is 103 cm³/mol. The van der Waals surface area contributed by atoms with Gasteiger partial charge in [0.2, 0.25) is 5.91 Å². The van der Waals surface area contributed by atoms with Crippen LogP contribution in [0.1, 0.15) is 0 Å². The van der Waals surface area contributed by atoms with Gasteiger partial charge >= 0.3 is 0 Å². The Morgan fingerprint density at radius 1 is 1.03 bits per heavy atom. The molecule has 1 fully saturated rings. The second-order valence-corrected chi connectivity index (χ2v) is 8.36. The van der Waals surface area contributed by atoms with E-state index in [9.17, 15) is 17.6 Å². The summed E-state index contributed by atoms with van der Waals surface area (Å²) in [5, 5.41) is 1.49. The third-order valence-corrected chi connectivity index (χ3v) is 6.15. The van der Waals surface area contributed by atoms with Gasteiger partial charge in [0, 0.05) is 24.0 Å². The molecule has 2 aliphatic heterocycles. The van der Waals surface area contributed by atoms with E-state index in [2.05, 4.69) is 20.9 Å². The van der Waals surface area contributed by atoms with E-state index in [1.54, 1.807) is 18.2 Å². The van der Waals surface area contributed by atoms with E-state index in [4.69, 9.17) is 9.47 Å². The van der Waals surface area contributed by atoms with Crippen LogP contribution in [0, 0.1) is 11.7 Å². The first kappa shape index (κ1) is 19.4. The molecule has 0 radical (unpaired) electrons. The van der Waals surface area contributed by atoms with E-state index >= 15 is 0 Å². The lowest BCUT2D eigenvalue weighted by molar-refractivity contribution is -0.119. The molecule has 2 aliphatic rings. The van der Waals surface area contributed by atoms with E-state index in [1.807, 2.05) is 0 Å². The second-order valence-electron chi connectivity index (χ2n) is 6.55. The maximum atomic E-state index is 13.0. The summed E-state index contributed by atoms with van der Waals surface area (Å²) in [5.41, 5.74) is 5.99. The summed E-state index contributed by atoms with van der Waals surface area (Å²) >= 11 is 0. The zero-order valence-electron chi connectivity index (χ0n) is 15.1. The number of nitrogens with one attached hydrogen (secondary N) is 4. The lowest BCUT2D eigenvalue weighted by Crippen LogP contribution is -2.45. The van der Waals surface area contributed by atoms with Crippen LogP contribution >= 0.6 is 0 Å². The molecule has 0 aromatic heterocycles. The summed E-state index contributed by atoms with van der Waals surface area (Å²) < 4.78 is 51.8. The fourth-order valence-electron chi connectivity index (χ4n) is 3.10. The van der Waals surface area contributed by atoms with E-state index in [-0.39, 0.29) is 12.2 Å².